The van der Waals surface area contributed by atoms with Crippen LogP contribution in [0.25, 0.3) is 71.6 Å². The molecule has 10 aromatic rings. The van der Waals surface area contributed by atoms with E-state index in [1.165, 1.54) is 82.8 Å². The van der Waals surface area contributed by atoms with Crippen LogP contribution in [0.5, 0.6) is 0 Å². The lowest BCUT2D eigenvalue weighted by Gasteiger charge is -2.28. The molecule has 57 heavy (non-hydrogen) atoms. The fraction of sp³-hybridized carbons (Fsp3) is 0.0545. The van der Waals surface area contributed by atoms with Gasteiger partial charge in [-0.1, -0.05) is 147 Å². The van der Waals surface area contributed by atoms with E-state index < -0.39 is 0 Å². The number of hydrogen-bond donors (Lipinski definition) is 0. The quantitative estimate of drug-likeness (QED) is 0.165. The highest BCUT2D eigenvalue weighted by Crippen LogP contribution is 2.50. The zero-order valence-corrected chi connectivity index (χ0v) is 32.0. The Morgan fingerprint density at radius 3 is 1.86 bits per heavy atom. The second-order valence-corrected chi connectivity index (χ2v) is 15.8. The van der Waals surface area contributed by atoms with E-state index in [1.54, 1.807) is 0 Å². The van der Waals surface area contributed by atoms with Crippen molar-refractivity contribution in [3.05, 3.63) is 217 Å². The van der Waals surface area contributed by atoms with Crippen LogP contribution in [-0.4, -0.2) is 4.57 Å². The van der Waals surface area contributed by atoms with Crippen molar-refractivity contribution >= 4 is 49.6 Å². The second-order valence-electron chi connectivity index (χ2n) is 15.8. The van der Waals surface area contributed by atoms with Crippen LogP contribution in [0, 0.1) is 0 Å². The molecule has 270 valence electrons. The number of rotatable bonds is 6. The molecule has 2 heteroatoms. The zero-order chi connectivity index (χ0) is 38.1. The molecule has 11 rings (SSSR count). The summed E-state index contributed by atoms with van der Waals surface area (Å²) in [5.74, 6) is 0. The largest absolute Gasteiger partial charge is 0.310 e. The van der Waals surface area contributed by atoms with Crippen molar-refractivity contribution in [1.29, 1.82) is 0 Å². The molecular formula is C55H40N2. The average Bonchev–Trinajstić information content (AvgIpc) is 3.72. The average molecular weight is 729 g/mol. The molecule has 0 saturated heterocycles. The first-order chi connectivity index (χ1) is 28.0. The van der Waals surface area contributed by atoms with Gasteiger partial charge in [0, 0.05) is 38.9 Å². The molecule has 0 radical (unpaired) electrons. The van der Waals surface area contributed by atoms with Crippen LogP contribution in [0.2, 0.25) is 0 Å². The minimum absolute atomic E-state index is 0.0714. The predicted octanol–water partition coefficient (Wildman–Crippen LogP) is 15.0. The van der Waals surface area contributed by atoms with Crippen molar-refractivity contribution in [3.63, 3.8) is 0 Å². The van der Waals surface area contributed by atoms with Gasteiger partial charge in [0.05, 0.1) is 11.0 Å². The Labute approximate surface area is 333 Å². The number of fused-ring (bicyclic) bond motifs is 7. The van der Waals surface area contributed by atoms with E-state index in [-0.39, 0.29) is 5.41 Å². The fourth-order valence-corrected chi connectivity index (χ4v) is 9.28. The number of aromatic nitrogens is 1. The van der Waals surface area contributed by atoms with E-state index in [9.17, 15) is 0 Å². The normalized spacial score (nSPS) is 12.9. The number of nitrogens with zero attached hydrogens (tertiary/aromatic N) is 2. The minimum Gasteiger partial charge on any atom is -0.310 e. The van der Waals surface area contributed by atoms with E-state index in [1.807, 2.05) is 0 Å². The van der Waals surface area contributed by atoms with Gasteiger partial charge in [-0.2, -0.15) is 0 Å². The van der Waals surface area contributed by atoms with E-state index in [4.69, 9.17) is 0 Å². The van der Waals surface area contributed by atoms with E-state index in [0.717, 1.165) is 17.1 Å². The summed E-state index contributed by atoms with van der Waals surface area (Å²) in [7, 11) is 0. The van der Waals surface area contributed by atoms with Crippen LogP contribution >= 0.6 is 0 Å². The van der Waals surface area contributed by atoms with Gasteiger partial charge in [-0.3, -0.25) is 0 Å². The van der Waals surface area contributed by atoms with Crippen molar-refractivity contribution < 1.29 is 0 Å². The van der Waals surface area contributed by atoms with Crippen LogP contribution in [0.15, 0.2) is 206 Å². The molecule has 0 N–H and O–H groups in total. The Morgan fingerprint density at radius 1 is 0.368 bits per heavy atom. The summed E-state index contributed by atoms with van der Waals surface area (Å²) in [5, 5.41) is 5.01. The molecular weight excluding hydrogens is 689 g/mol. The van der Waals surface area contributed by atoms with Gasteiger partial charge in [-0.05, 0) is 128 Å². The molecule has 0 amide bonds. The predicted molar refractivity (Wildman–Crippen MR) is 241 cm³/mol. The first-order valence-corrected chi connectivity index (χ1v) is 19.8. The van der Waals surface area contributed by atoms with Crippen molar-refractivity contribution in [2.75, 3.05) is 4.90 Å². The molecule has 1 aliphatic carbocycles. The van der Waals surface area contributed by atoms with Crippen LogP contribution in [0.1, 0.15) is 25.0 Å². The summed E-state index contributed by atoms with van der Waals surface area (Å²) in [6.45, 7) is 4.69. The smallest absolute Gasteiger partial charge is 0.0541 e. The third kappa shape index (κ3) is 5.40. The Balaban J connectivity index is 0.950. The van der Waals surface area contributed by atoms with Gasteiger partial charge in [0.2, 0.25) is 0 Å². The monoisotopic (exact) mass is 728 g/mol. The number of para-hydroxylation sites is 2. The molecule has 9 aromatic carbocycles. The molecule has 2 nitrogen and oxygen atoms in total. The van der Waals surface area contributed by atoms with Crippen LogP contribution in [0.4, 0.5) is 17.1 Å². The third-order valence-electron chi connectivity index (χ3n) is 12.2. The molecule has 0 atom stereocenters. The highest BCUT2D eigenvalue weighted by atomic mass is 15.1. The second kappa shape index (κ2) is 13.0. The molecule has 0 aliphatic heterocycles. The van der Waals surface area contributed by atoms with E-state index in [0.29, 0.717) is 0 Å². The topological polar surface area (TPSA) is 8.17 Å². The molecule has 0 fully saturated rings. The lowest BCUT2D eigenvalue weighted by molar-refractivity contribution is 0.660. The molecule has 1 heterocycles. The van der Waals surface area contributed by atoms with Gasteiger partial charge < -0.3 is 9.47 Å². The summed E-state index contributed by atoms with van der Waals surface area (Å²) in [5.41, 5.74) is 17.2. The number of hydrogen-bond acceptors (Lipinski definition) is 1. The maximum absolute atomic E-state index is 2.40. The summed E-state index contributed by atoms with van der Waals surface area (Å²) >= 11 is 0. The standard InChI is InChI=1S/C55H40N2/c1-55(2)51-21-10-8-19-47(51)48-31-30-46(36-52(48)55)56(43-17-4-3-5-18-43)44-27-23-38(24-28-44)39-15-12-16-40(33-39)42-26-32-54-50(35-42)49-20-9-11-22-53(49)57(54)45-29-25-37-13-6-7-14-41(37)34-45/h3-36H,1-2H3. The maximum atomic E-state index is 2.40. The van der Waals surface area contributed by atoms with Crippen molar-refractivity contribution in [1.82, 2.24) is 4.57 Å². The Morgan fingerprint density at radius 2 is 1.00 bits per heavy atom. The molecule has 0 bridgehead atoms. The van der Waals surface area contributed by atoms with Crippen LogP contribution < -0.4 is 4.90 Å². The van der Waals surface area contributed by atoms with E-state index in [2.05, 4.69) is 230 Å². The van der Waals surface area contributed by atoms with Gasteiger partial charge in [0.25, 0.3) is 0 Å². The lowest BCUT2D eigenvalue weighted by atomic mass is 9.82. The lowest BCUT2D eigenvalue weighted by Crippen LogP contribution is -2.16. The first-order valence-electron chi connectivity index (χ1n) is 19.8. The Kier molecular flexibility index (Phi) is 7.55. The third-order valence-corrected chi connectivity index (χ3v) is 12.2. The van der Waals surface area contributed by atoms with Crippen molar-refractivity contribution in [3.8, 4) is 39.1 Å². The summed E-state index contributed by atoms with van der Waals surface area (Å²) < 4.78 is 2.40. The summed E-state index contributed by atoms with van der Waals surface area (Å²) in [4.78, 5) is 2.38. The SMILES string of the molecule is CC1(C)c2ccccc2-c2ccc(N(c3ccccc3)c3ccc(-c4cccc(-c5ccc6c(c5)c5ccccc5n6-c5ccc6ccccc6c5)c4)cc3)cc21. The molecule has 0 unspecified atom stereocenters. The van der Waals surface area contributed by atoms with Crippen LogP contribution in [-0.2, 0) is 5.41 Å². The molecule has 1 aromatic heterocycles. The Hall–Kier alpha value is -7.16. The van der Waals surface area contributed by atoms with E-state index >= 15 is 0 Å². The molecule has 0 spiro atoms. The van der Waals surface area contributed by atoms with Crippen molar-refractivity contribution in [2.45, 2.75) is 19.3 Å². The highest BCUT2D eigenvalue weighted by Gasteiger charge is 2.35. The Bertz CT molecular complexity index is 3150. The molecule has 0 saturated carbocycles. The number of benzene rings is 9. The van der Waals surface area contributed by atoms with Crippen LogP contribution in [0.3, 0.4) is 0 Å². The van der Waals surface area contributed by atoms with Gasteiger partial charge in [-0.15, -0.1) is 0 Å². The van der Waals surface area contributed by atoms with Gasteiger partial charge in [-0.25, -0.2) is 0 Å². The maximum Gasteiger partial charge on any atom is 0.0541 e. The zero-order valence-electron chi connectivity index (χ0n) is 32.0. The van der Waals surface area contributed by atoms with Crippen molar-refractivity contribution in [2.24, 2.45) is 0 Å². The minimum atomic E-state index is -0.0714. The summed E-state index contributed by atoms with van der Waals surface area (Å²) in [6.07, 6.45) is 0. The van der Waals surface area contributed by atoms with Gasteiger partial charge in [0.15, 0.2) is 0 Å². The molecule has 1 aliphatic rings. The van der Waals surface area contributed by atoms with Gasteiger partial charge >= 0.3 is 0 Å². The fourth-order valence-electron chi connectivity index (χ4n) is 9.28. The first kappa shape index (κ1) is 33.2. The summed E-state index contributed by atoms with van der Waals surface area (Å²) in [6, 6.07) is 75.6. The van der Waals surface area contributed by atoms with Gasteiger partial charge in [0.1, 0.15) is 0 Å². The highest BCUT2D eigenvalue weighted by molar-refractivity contribution is 6.10. The number of anilines is 3.